The normalized spacial score (nSPS) is 12.0. The molecule has 31 heavy (non-hydrogen) atoms. The Kier molecular flexibility index (Phi) is 6.22. The van der Waals surface area contributed by atoms with Gasteiger partial charge in [-0.05, 0) is 36.8 Å². The number of nitrogens with zero attached hydrogens (tertiary/aromatic N) is 2. The fourth-order valence-electron chi connectivity index (χ4n) is 2.81. The highest BCUT2D eigenvalue weighted by Crippen LogP contribution is 2.30. The van der Waals surface area contributed by atoms with Crippen molar-refractivity contribution in [2.75, 3.05) is 5.32 Å². The molecule has 158 valence electrons. The molecule has 7 nitrogen and oxygen atoms in total. The van der Waals surface area contributed by atoms with Crippen molar-refractivity contribution >= 4 is 62.6 Å². The van der Waals surface area contributed by atoms with E-state index in [9.17, 15) is 9.59 Å². The van der Waals surface area contributed by atoms with Crippen LogP contribution in [0.1, 0.15) is 23.7 Å². The molecule has 0 bridgehead atoms. The predicted octanol–water partition coefficient (Wildman–Crippen LogP) is 5.83. The second-order valence-corrected chi connectivity index (χ2v) is 8.17. The summed E-state index contributed by atoms with van der Waals surface area (Å²) in [5, 5.41) is 5.73. The lowest BCUT2D eigenvalue weighted by atomic mass is 10.2. The maximum absolute atomic E-state index is 12.6. The van der Waals surface area contributed by atoms with Crippen molar-refractivity contribution in [3.05, 3.63) is 63.8 Å². The number of benzene rings is 2. The molecule has 0 radical (unpaired) electrons. The molecule has 0 fully saturated rings. The van der Waals surface area contributed by atoms with Crippen LogP contribution in [-0.2, 0) is 9.53 Å². The molecule has 0 saturated carbocycles. The molecular weight excluding hydrogens is 461 g/mol. The van der Waals surface area contributed by atoms with Crippen molar-refractivity contribution in [3.8, 4) is 11.3 Å². The summed E-state index contributed by atoms with van der Waals surface area (Å²) in [5.74, 6) is -1.09. The van der Waals surface area contributed by atoms with Crippen molar-refractivity contribution < 1.29 is 18.7 Å². The smallest absolute Gasteiger partial charge is 0.338 e. The van der Waals surface area contributed by atoms with E-state index in [1.165, 1.54) is 17.7 Å². The largest absolute Gasteiger partial charge is 0.449 e. The lowest BCUT2D eigenvalue weighted by Crippen LogP contribution is -2.32. The Morgan fingerprint density at radius 3 is 2.81 bits per heavy atom. The zero-order valence-corrected chi connectivity index (χ0v) is 18.4. The number of anilines is 1. The summed E-state index contributed by atoms with van der Waals surface area (Å²) < 4.78 is 10.6. The van der Waals surface area contributed by atoms with Gasteiger partial charge < -0.3 is 9.15 Å². The van der Waals surface area contributed by atoms with Gasteiger partial charge in [0.2, 0.25) is 0 Å². The number of carbonyl (C=O) groups excluding carboxylic acids is 2. The van der Waals surface area contributed by atoms with E-state index in [4.69, 9.17) is 32.4 Å². The number of hydrogen-bond acceptors (Lipinski definition) is 7. The quantitative estimate of drug-likeness (QED) is 0.352. The number of halogens is 2. The van der Waals surface area contributed by atoms with Gasteiger partial charge in [-0.2, -0.15) is 0 Å². The minimum absolute atomic E-state index is 0.281. The van der Waals surface area contributed by atoms with E-state index < -0.39 is 18.0 Å². The van der Waals surface area contributed by atoms with E-state index in [-0.39, 0.29) is 5.56 Å². The van der Waals surface area contributed by atoms with Gasteiger partial charge in [-0.25, -0.2) is 14.8 Å². The van der Waals surface area contributed by atoms with Gasteiger partial charge in [-0.15, -0.1) is 11.3 Å². The highest BCUT2D eigenvalue weighted by Gasteiger charge is 2.23. The Hall–Kier alpha value is -2.94. The number of amides is 1. The minimum Gasteiger partial charge on any atom is -0.449 e. The van der Waals surface area contributed by atoms with Gasteiger partial charge in [0.15, 0.2) is 23.2 Å². The van der Waals surface area contributed by atoms with Crippen LogP contribution in [0.3, 0.4) is 0 Å². The minimum atomic E-state index is -0.974. The first kappa shape index (κ1) is 21.3. The Morgan fingerprint density at radius 1 is 1.19 bits per heavy atom. The van der Waals surface area contributed by atoms with Crippen molar-refractivity contribution in [2.45, 2.75) is 19.4 Å². The Balaban J connectivity index is 1.43. The van der Waals surface area contributed by atoms with E-state index in [0.717, 1.165) is 5.56 Å². The number of aromatic nitrogens is 2. The third kappa shape index (κ3) is 4.71. The molecule has 0 saturated heterocycles. The Labute approximate surface area is 191 Å². The van der Waals surface area contributed by atoms with Crippen molar-refractivity contribution in [1.29, 1.82) is 0 Å². The molecule has 4 rings (SSSR count). The molecule has 1 N–H and O–H groups in total. The summed E-state index contributed by atoms with van der Waals surface area (Å²) in [5.41, 5.74) is 2.79. The number of ether oxygens (including phenoxy) is 1. The van der Waals surface area contributed by atoms with Gasteiger partial charge in [0.25, 0.3) is 5.91 Å². The van der Waals surface area contributed by atoms with Crippen LogP contribution in [0.15, 0.2) is 52.6 Å². The Morgan fingerprint density at radius 2 is 2.03 bits per heavy atom. The summed E-state index contributed by atoms with van der Waals surface area (Å²) in [6, 6.07) is 9.91. The lowest BCUT2D eigenvalue weighted by Gasteiger charge is -2.15. The lowest BCUT2D eigenvalue weighted by molar-refractivity contribution is -0.124. The molecule has 1 amide bonds. The van der Waals surface area contributed by atoms with Crippen molar-refractivity contribution in [1.82, 2.24) is 9.97 Å². The summed E-state index contributed by atoms with van der Waals surface area (Å²) in [6.07, 6.45) is 0.620. The average molecular weight is 476 g/mol. The molecule has 2 aromatic carbocycles. The molecule has 2 heterocycles. The van der Waals surface area contributed by atoms with Crippen LogP contribution < -0.4 is 5.32 Å². The number of thiazole rings is 1. The molecule has 0 spiro atoms. The number of carbonyl (C=O) groups is 2. The average Bonchev–Trinajstić information content (AvgIpc) is 3.42. The van der Waals surface area contributed by atoms with E-state index in [2.05, 4.69) is 15.3 Å². The van der Waals surface area contributed by atoms with Crippen LogP contribution >= 0.6 is 34.5 Å². The van der Waals surface area contributed by atoms with Crippen LogP contribution in [0.25, 0.3) is 22.4 Å². The molecule has 10 heteroatoms. The Bertz CT molecular complexity index is 1270. The van der Waals surface area contributed by atoms with Gasteiger partial charge in [-0.1, -0.05) is 36.2 Å². The third-order valence-corrected chi connectivity index (χ3v) is 5.93. The number of nitrogens with one attached hydrogen (secondary N) is 1. The standard InChI is InChI=1S/C21H15Cl2N3O4S/c1-2-17(30-20(28)12-4-6-18-15(8-12)24-10-29-18)19(27)26-21-25-16(9-31-21)11-3-5-13(22)14(23)7-11/h3-10,17H,2H2,1H3,(H,25,26,27). The highest BCUT2D eigenvalue weighted by atomic mass is 35.5. The topological polar surface area (TPSA) is 94.3 Å². The van der Waals surface area contributed by atoms with Crippen LogP contribution in [0, 0.1) is 0 Å². The van der Waals surface area contributed by atoms with Gasteiger partial charge >= 0.3 is 5.97 Å². The summed E-state index contributed by atoms with van der Waals surface area (Å²) in [4.78, 5) is 33.5. The number of rotatable bonds is 6. The fourth-order valence-corrected chi connectivity index (χ4v) is 3.83. The van der Waals surface area contributed by atoms with Crippen molar-refractivity contribution in [3.63, 3.8) is 0 Å². The number of fused-ring (bicyclic) bond motifs is 1. The van der Waals surface area contributed by atoms with Crippen LogP contribution in [0.5, 0.6) is 0 Å². The monoisotopic (exact) mass is 475 g/mol. The predicted molar refractivity (Wildman–Crippen MR) is 120 cm³/mol. The maximum atomic E-state index is 12.6. The highest BCUT2D eigenvalue weighted by molar-refractivity contribution is 7.14. The number of hydrogen-bond donors (Lipinski definition) is 1. The van der Waals surface area contributed by atoms with Gasteiger partial charge in [-0.3, -0.25) is 10.1 Å². The summed E-state index contributed by atoms with van der Waals surface area (Å²) in [7, 11) is 0. The zero-order valence-electron chi connectivity index (χ0n) is 16.1. The van der Waals surface area contributed by atoms with E-state index in [0.29, 0.717) is 38.4 Å². The molecule has 1 unspecified atom stereocenters. The summed E-state index contributed by atoms with van der Waals surface area (Å²) in [6.45, 7) is 1.75. The molecule has 0 aliphatic rings. The van der Waals surface area contributed by atoms with Crippen LogP contribution in [-0.4, -0.2) is 27.9 Å². The van der Waals surface area contributed by atoms with E-state index in [1.807, 2.05) is 0 Å². The molecule has 0 aliphatic heterocycles. The van der Waals surface area contributed by atoms with Crippen molar-refractivity contribution in [2.24, 2.45) is 0 Å². The van der Waals surface area contributed by atoms with Gasteiger partial charge in [0.1, 0.15) is 5.52 Å². The van der Waals surface area contributed by atoms with E-state index in [1.54, 1.807) is 48.7 Å². The maximum Gasteiger partial charge on any atom is 0.338 e. The zero-order chi connectivity index (χ0) is 22.0. The first-order valence-electron chi connectivity index (χ1n) is 9.20. The SMILES string of the molecule is CCC(OC(=O)c1ccc2ocnc2c1)C(=O)Nc1nc(-c2ccc(Cl)c(Cl)c2)cs1. The number of oxazole rings is 1. The molecule has 1 atom stereocenters. The molecular formula is C21H15Cl2N3O4S. The second kappa shape index (κ2) is 9.05. The summed E-state index contributed by atoms with van der Waals surface area (Å²) >= 11 is 13.3. The first-order chi connectivity index (χ1) is 14.9. The molecule has 4 aromatic rings. The molecule has 2 aromatic heterocycles. The third-order valence-electron chi connectivity index (χ3n) is 4.43. The molecule has 0 aliphatic carbocycles. The van der Waals surface area contributed by atoms with Gasteiger partial charge in [0, 0.05) is 10.9 Å². The second-order valence-electron chi connectivity index (χ2n) is 6.49. The van der Waals surface area contributed by atoms with Crippen LogP contribution in [0.2, 0.25) is 10.0 Å². The van der Waals surface area contributed by atoms with E-state index >= 15 is 0 Å². The van der Waals surface area contributed by atoms with Gasteiger partial charge in [0.05, 0.1) is 21.3 Å². The van der Waals surface area contributed by atoms with Crippen LogP contribution in [0.4, 0.5) is 5.13 Å². The number of esters is 1. The fraction of sp³-hybridized carbons (Fsp3) is 0.143. The first-order valence-corrected chi connectivity index (χ1v) is 10.8.